The van der Waals surface area contributed by atoms with Gasteiger partial charge in [-0.2, -0.15) is 5.26 Å². The molecule has 0 spiro atoms. The third-order valence-corrected chi connectivity index (χ3v) is 5.48. The molecule has 1 heterocycles. The summed E-state index contributed by atoms with van der Waals surface area (Å²) in [5.41, 5.74) is 1.62. The number of nitriles is 1. The molecule has 0 bridgehead atoms. The van der Waals surface area contributed by atoms with Crippen LogP contribution in [0.4, 0.5) is 5.69 Å². The molecular weight excluding hydrogens is 466 g/mol. The molecule has 1 fully saturated rings. The molecule has 2 amide bonds. The summed E-state index contributed by atoms with van der Waals surface area (Å²) in [6.07, 6.45) is 1.39. The van der Waals surface area contributed by atoms with Crippen LogP contribution < -0.4 is 15.0 Å². The van der Waals surface area contributed by atoms with Gasteiger partial charge in [-0.1, -0.05) is 42.5 Å². The van der Waals surface area contributed by atoms with Gasteiger partial charge in [0.1, 0.15) is 17.9 Å². The first kappa shape index (κ1) is 23.4. The van der Waals surface area contributed by atoms with Crippen molar-refractivity contribution in [2.75, 3.05) is 4.90 Å². The Morgan fingerprint density at radius 3 is 2.60 bits per heavy atom. The van der Waals surface area contributed by atoms with Gasteiger partial charge in [0.25, 0.3) is 11.8 Å². The number of rotatable bonds is 6. The van der Waals surface area contributed by atoms with E-state index in [9.17, 15) is 24.8 Å². The number of amides is 2. The number of hydrogen-bond donors (Lipinski definition) is 2. The van der Waals surface area contributed by atoms with Crippen LogP contribution >= 0.6 is 12.2 Å². The maximum absolute atomic E-state index is 13.3. The topological polar surface area (TPSA) is 120 Å². The first-order valence-electron chi connectivity index (χ1n) is 10.3. The van der Waals surface area contributed by atoms with Gasteiger partial charge in [0, 0.05) is 11.1 Å². The number of benzene rings is 3. The largest absolute Gasteiger partial charge is 0.488 e. The molecule has 0 aliphatic carbocycles. The normalized spacial score (nSPS) is 14.4. The Hall–Kier alpha value is -4.81. The predicted octanol–water partition coefficient (Wildman–Crippen LogP) is 3.67. The second-order valence-electron chi connectivity index (χ2n) is 7.41. The highest BCUT2D eigenvalue weighted by Crippen LogP contribution is 2.27. The summed E-state index contributed by atoms with van der Waals surface area (Å²) in [5.74, 6) is -2.15. The Morgan fingerprint density at radius 1 is 1.09 bits per heavy atom. The molecule has 0 radical (unpaired) electrons. The lowest BCUT2D eigenvalue weighted by atomic mass is 10.1. The fraction of sp³-hybridized carbons (Fsp3) is 0.0385. The van der Waals surface area contributed by atoms with Crippen molar-refractivity contribution < 1.29 is 24.2 Å². The number of nitrogens with one attached hydrogen (secondary N) is 1. The van der Waals surface area contributed by atoms with Crippen molar-refractivity contribution in [3.63, 3.8) is 0 Å². The minimum absolute atomic E-state index is 0.0306. The lowest BCUT2D eigenvalue weighted by Gasteiger charge is -2.29. The van der Waals surface area contributed by atoms with Gasteiger partial charge in [0.05, 0.1) is 22.9 Å². The summed E-state index contributed by atoms with van der Waals surface area (Å²) in [6, 6.07) is 21.7. The molecule has 1 aliphatic rings. The number of hydrogen-bond acceptors (Lipinski definition) is 6. The Kier molecular flexibility index (Phi) is 6.66. The molecule has 9 heteroatoms. The first-order chi connectivity index (χ1) is 16.9. The summed E-state index contributed by atoms with van der Waals surface area (Å²) in [5, 5.41) is 20.9. The standard InChI is InChI=1S/C26H17N3O5S/c27-14-18-7-1-2-8-19(18)15-34-22-11-4-3-6-16(22)13-21-23(30)28-26(35)29(24(21)31)20-10-5-9-17(12-20)25(32)33/h1-13H,15H2,(H,32,33)(H,28,30,35). The predicted molar refractivity (Wildman–Crippen MR) is 132 cm³/mol. The Bertz CT molecular complexity index is 1440. The fourth-order valence-corrected chi connectivity index (χ4v) is 3.75. The number of carbonyl (C=O) groups is 3. The molecule has 1 saturated heterocycles. The van der Waals surface area contributed by atoms with E-state index in [-0.39, 0.29) is 28.5 Å². The zero-order valence-electron chi connectivity index (χ0n) is 18.1. The third kappa shape index (κ3) is 4.93. The number of carbonyl (C=O) groups excluding carboxylic acids is 2. The quantitative estimate of drug-likeness (QED) is 0.312. The Balaban J connectivity index is 1.66. The van der Waals surface area contributed by atoms with Crippen molar-refractivity contribution in [1.82, 2.24) is 5.32 Å². The fourth-order valence-electron chi connectivity index (χ4n) is 3.47. The molecule has 3 aromatic carbocycles. The summed E-state index contributed by atoms with van der Waals surface area (Å²) in [4.78, 5) is 38.4. The Morgan fingerprint density at radius 2 is 1.83 bits per heavy atom. The van der Waals surface area contributed by atoms with E-state index in [2.05, 4.69) is 11.4 Å². The molecule has 1 aliphatic heterocycles. The third-order valence-electron chi connectivity index (χ3n) is 5.19. The van der Waals surface area contributed by atoms with Crippen LogP contribution in [0.1, 0.15) is 27.0 Å². The smallest absolute Gasteiger partial charge is 0.335 e. The van der Waals surface area contributed by atoms with Crippen LogP contribution in [0.15, 0.2) is 78.4 Å². The van der Waals surface area contributed by atoms with Gasteiger partial charge >= 0.3 is 5.97 Å². The molecule has 0 saturated carbocycles. The molecule has 2 N–H and O–H groups in total. The van der Waals surface area contributed by atoms with E-state index < -0.39 is 17.8 Å². The van der Waals surface area contributed by atoms with Gasteiger partial charge in [-0.05, 0) is 48.6 Å². The van der Waals surface area contributed by atoms with Crippen LogP contribution in [-0.2, 0) is 16.2 Å². The van der Waals surface area contributed by atoms with E-state index in [4.69, 9.17) is 17.0 Å². The maximum atomic E-state index is 13.3. The lowest BCUT2D eigenvalue weighted by Crippen LogP contribution is -2.54. The van der Waals surface area contributed by atoms with Gasteiger partial charge in [-0.3, -0.25) is 19.8 Å². The highest BCUT2D eigenvalue weighted by molar-refractivity contribution is 7.80. The van der Waals surface area contributed by atoms with Gasteiger partial charge in [0.15, 0.2) is 5.11 Å². The number of para-hydroxylation sites is 1. The van der Waals surface area contributed by atoms with Crippen molar-refractivity contribution >= 4 is 46.9 Å². The van der Waals surface area contributed by atoms with Crippen molar-refractivity contribution in [1.29, 1.82) is 5.26 Å². The number of anilines is 1. The monoisotopic (exact) mass is 483 g/mol. The number of aromatic carboxylic acids is 1. The number of nitrogens with zero attached hydrogens (tertiary/aromatic N) is 2. The number of carboxylic acid groups (broad SMARTS) is 1. The minimum atomic E-state index is -1.16. The van der Waals surface area contributed by atoms with E-state index in [0.717, 1.165) is 4.90 Å². The summed E-state index contributed by atoms with van der Waals surface area (Å²) >= 11 is 5.18. The van der Waals surface area contributed by atoms with Crippen molar-refractivity contribution in [3.05, 3.63) is 101 Å². The molecule has 0 aromatic heterocycles. The molecule has 3 aromatic rings. The van der Waals surface area contributed by atoms with Crippen molar-refractivity contribution in [2.45, 2.75) is 6.61 Å². The van der Waals surface area contributed by atoms with Gasteiger partial charge in [-0.25, -0.2) is 4.79 Å². The van der Waals surface area contributed by atoms with Crippen LogP contribution in [0, 0.1) is 11.3 Å². The summed E-state index contributed by atoms with van der Waals surface area (Å²) < 4.78 is 5.91. The van der Waals surface area contributed by atoms with Crippen molar-refractivity contribution in [2.24, 2.45) is 0 Å². The zero-order chi connectivity index (χ0) is 24.9. The first-order valence-corrected chi connectivity index (χ1v) is 10.7. The van der Waals surface area contributed by atoms with Crippen LogP contribution in [0.25, 0.3) is 6.08 Å². The van der Waals surface area contributed by atoms with Gasteiger partial charge in [0.2, 0.25) is 0 Å². The van der Waals surface area contributed by atoms with Crippen LogP contribution in [0.5, 0.6) is 5.75 Å². The number of ether oxygens (including phenoxy) is 1. The highest BCUT2D eigenvalue weighted by atomic mass is 32.1. The molecule has 35 heavy (non-hydrogen) atoms. The molecule has 4 rings (SSSR count). The van der Waals surface area contributed by atoms with E-state index in [1.54, 1.807) is 48.5 Å². The maximum Gasteiger partial charge on any atom is 0.335 e. The summed E-state index contributed by atoms with van der Waals surface area (Å²) in [7, 11) is 0. The highest BCUT2D eigenvalue weighted by Gasteiger charge is 2.35. The average Bonchev–Trinajstić information content (AvgIpc) is 2.86. The second-order valence-corrected chi connectivity index (χ2v) is 7.80. The SMILES string of the molecule is N#Cc1ccccc1COc1ccccc1C=C1C(=O)NC(=S)N(c2cccc(C(=O)O)c2)C1=O. The number of carboxylic acids is 1. The van der Waals surface area contributed by atoms with E-state index in [0.29, 0.717) is 22.4 Å². The molecule has 172 valence electrons. The van der Waals surface area contributed by atoms with Crippen molar-refractivity contribution in [3.8, 4) is 11.8 Å². The number of thiocarbonyl (C=S) groups is 1. The van der Waals surface area contributed by atoms with Crippen LogP contribution in [0.2, 0.25) is 0 Å². The molecule has 8 nitrogen and oxygen atoms in total. The molecule has 0 unspecified atom stereocenters. The molecule has 0 atom stereocenters. The average molecular weight is 484 g/mol. The Labute approximate surface area is 205 Å². The second kappa shape index (κ2) is 9.99. The van der Waals surface area contributed by atoms with Crippen LogP contribution in [-0.4, -0.2) is 28.0 Å². The van der Waals surface area contributed by atoms with E-state index >= 15 is 0 Å². The summed E-state index contributed by atoms with van der Waals surface area (Å²) in [6.45, 7) is 0.113. The van der Waals surface area contributed by atoms with E-state index in [1.165, 1.54) is 30.3 Å². The lowest BCUT2D eigenvalue weighted by molar-refractivity contribution is -0.122. The molecular formula is C26H17N3O5S. The van der Waals surface area contributed by atoms with Gasteiger partial charge in [-0.15, -0.1) is 0 Å². The zero-order valence-corrected chi connectivity index (χ0v) is 18.9. The minimum Gasteiger partial charge on any atom is -0.488 e. The van der Waals surface area contributed by atoms with Gasteiger partial charge < -0.3 is 9.84 Å². The van der Waals surface area contributed by atoms with Crippen LogP contribution in [0.3, 0.4) is 0 Å². The van der Waals surface area contributed by atoms with E-state index in [1.807, 2.05) is 0 Å².